The fourth-order valence-electron chi connectivity index (χ4n) is 3.81. The summed E-state index contributed by atoms with van der Waals surface area (Å²) >= 11 is 1.69. The van der Waals surface area contributed by atoms with Gasteiger partial charge in [-0.1, -0.05) is 6.07 Å². The summed E-state index contributed by atoms with van der Waals surface area (Å²) in [5.74, 6) is 2.75. The Hall–Kier alpha value is -3.23. The number of nitrogens with zero attached hydrogens (tertiary/aromatic N) is 5. The summed E-state index contributed by atoms with van der Waals surface area (Å²) in [5.41, 5.74) is 3.21. The molecule has 5 rings (SSSR count). The number of hydrogen-bond donors (Lipinski definition) is 1. The molecule has 1 aliphatic heterocycles. The van der Waals surface area contributed by atoms with Crippen LogP contribution >= 0.6 is 11.3 Å². The standard InChI is InChI=1S/C24H26N6OS/c1-29-9-11-30(12-10-29)22-8-3-17(14-25-22)15-26-24-23-20(27-16-28-24)13-21(32-23)18-4-6-19(31-2)7-5-18/h3-8,13-14,16H,9-12,15H2,1-2H3,(H,26,27,28). The molecule has 0 unspecified atom stereocenters. The average Bonchev–Trinajstić information content (AvgIpc) is 3.29. The van der Waals surface area contributed by atoms with Crippen molar-refractivity contribution < 1.29 is 4.74 Å². The zero-order chi connectivity index (χ0) is 21.9. The van der Waals surface area contributed by atoms with Gasteiger partial charge in [0.25, 0.3) is 0 Å². The molecule has 8 heteroatoms. The molecule has 4 heterocycles. The summed E-state index contributed by atoms with van der Waals surface area (Å²) in [6.45, 7) is 4.86. The van der Waals surface area contributed by atoms with Crippen molar-refractivity contribution in [3.8, 4) is 16.2 Å². The lowest BCUT2D eigenvalue weighted by atomic mass is 10.2. The van der Waals surface area contributed by atoms with E-state index >= 15 is 0 Å². The number of piperazine rings is 1. The number of likely N-dealkylation sites (N-methyl/N-ethyl adjacent to an activating group) is 1. The van der Waals surface area contributed by atoms with Crippen LogP contribution in [0.2, 0.25) is 0 Å². The highest BCUT2D eigenvalue weighted by atomic mass is 32.1. The number of hydrogen-bond acceptors (Lipinski definition) is 8. The zero-order valence-electron chi connectivity index (χ0n) is 18.3. The third-order valence-electron chi connectivity index (χ3n) is 5.78. The fraction of sp³-hybridized carbons (Fsp3) is 0.292. The largest absolute Gasteiger partial charge is 0.497 e. The third kappa shape index (κ3) is 4.37. The minimum Gasteiger partial charge on any atom is -0.497 e. The molecule has 4 aromatic rings. The van der Waals surface area contributed by atoms with Gasteiger partial charge in [-0.3, -0.25) is 0 Å². The van der Waals surface area contributed by atoms with Crippen molar-refractivity contribution in [1.29, 1.82) is 0 Å². The van der Waals surface area contributed by atoms with Crippen molar-refractivity contribution in [3.63, 3.8) is 0 Å². The van der Waals surface area contributed by atoms with Crippen LogP contribution < -0.4 is 15.0 Å². The minimum absolute atomic E-state index is 0.665. The highest BCUT2D eigenvalue weighted by Gasteiger charge is 2.15. The van der Waals surface area contributed by atoms with Crippen LogP contribution in [0.25, 0.3) is 20.7 Å². The van der Waals surface area contributed by atoms with Crippen molar-refractivity contribution in [3.05, 3.63) is 60.6 Å². The molecular formula is C24H26N6OS. The van der Waals surface area contributed by atoms with Gasteiger partial charge >= 0.3 is 0 Å². The lowest BCUT2D eigenvalue weighted by molar-refractivity contribution is 0.312. The Labute approximate surface area is 191 Å². The molecule has 1 fully saturated rings. The Morgan fingerprint density at radius 3 is 2.53 bits per heavy atom. The van der Waals surface area contributed by atoms with E-state index in [1.807, 2.05) is 18.3 Å². The lowest BCUT2D eigenvalue weighted by Crippen LogP contribution is -2.44. The molecular weight excluding hydrogens is 420 g/mol. The molecule has 0 atom stereocenters. The predicted octanol–water partition coefficient (Wildman–Crippen LogP) is 4.13. The number of nitrogens with one attached hydrogen (secondary N) is 1. The zero-order valence-corrected chi connectivity index (χ0v) is 19.1. The summed E-state index contributed by atoms with van der Waals surface area (Å²) in [4.78, 5) is 19.5. The molecule has 3 aromatic heterocycles. The van der Waals surface area contributed by atoms with Gasteiger partial charge in [-0.2, -0.15) is 0 Å². The molecule has 0 aliphatic carbocycles. The van der Waals surface area contributed by atoms with E-state index in [9.17, 15) is 0 Å². The van der Waals surface area contributed by atoms with Crippen LogP contribution in [0.4, 0.5) is 11.6 Å². The smallest absolute Gasteiger partial charge is 0.147 e. The number of thiophene rings is 1. The molecule has 164 valence electrons. The van der Waals surface area contributed by atoms with Gasteiger partial charge in [0.05, 0.1) is 17.3 Å². The third-order valence-corrected chi connectivity index (χ3v) is 6.96. The number of ether oxygens (including phenoxy) is 1. The van der Waals surface area contributed by atoms with E-state index in [0.717, 1.165) is 69.8 Å². The molecule has 0 bridgehead atoms. The van der Waals surface area contributed by atoms with Crippen LogP contribution in [0.5, 0.6) is 5.75 Å². The van der Waals surface area contributed by atoms with Crippen molar-refractivity contribution in [2.75, 3.05) is 50.6 Å². The van der Waals surface area contributed by atoms with E-state index < -0.39 is 0 Å². The minimum atomic E-state index is 0.665. The first kappa shape index (κ1) is 20.7. The van der Waals surface area contributed by atoms with Crippen molar-refractivity contribution in [2.24, 2.45) is 0 Å². The maximum atomic E-state index is 5.26. The van der Waals surface area contributed by atoms with Gasteiger partial charge in [-0.25, -0.2) is 15.0 Å². The molecule has 1 aliphatic rings. The van der Waals surface area contributed by atoms with Gasteiger partial charge in [0.2, 0.25) is 0 Å². The molecule has 32 heavy (non-hydrogen) atoms. The van der Waals surface area contributed by atoms with Crippen molar-refractivity contribution in [1.82, 2.24) is 19.9 Å². The van der Waals surface area contributed by atoms with Crippen LogP contribution in [0.1, 0.15) is 5.56 Å². The number of methoxy groups -OCH3 is 1. The second-order valence-corrected chi connectivity index (χ2v) is 9.00. The number of anilines is 2. The van der Waals surface area contributed by atoms with E-state index in [1.165, 1.54) is 0 Å². The maximum absolute atomic E-state index is 5.26. The highest BCUT2D eigenvalue weighted by molar-refractivity contribution is 7.22. The van der Waals surface area contributed by atoms with Gasteiger partial charge in [-0.15, -0.1) is 11.3 Å². The molecule has 0 radical (unpaired) electrons. The number of fused-ring (bicyclic) bond motifs is 1. The van der Waals surface area contributed by atoms with E-state index in [1.54, 1.807) is 24.8 Å². The summed E-state index contributed by atoms with van der Waals surface area (Å²) in [6, 6.07) is 14.5. The fourth-order valence-corrected chi connectivity index (χ4v) is 4.89. The summed E-state index contributed by atoms with van der Waals surface area (Å²) < 4.78 is 6.32. The lowest BCUT2D eigenvalue weighted by Gasteiger charge is -2.33. The maximum Gasteiger partial charge on any atom is 0.147 e. The second-order valence-electron chi connectivity index (χ2n) is 7.94. The first-order valence-corrected chi connectivity index (χ1v) is 11.5. The van der Waals surface area contributed by atoms with Crippen molar-refractivity contribution in [2.45, 2.75) is 6.54 Å². The topological polar surface area (TPSA) is 66.4 Å². The first-order chi connectivity index (χ1) is 15.7. The van der Waals surface area contributed by atoms with Gasteiger partial charge < -0.3 is 19.9 Å². The highest BCUT2D eigenvalue weighted by Crippen LogP contribution is 2.36. The van der Waals surface area contributed by atoms with Gasteiger partial charge in [0.15, 0.2) is 0 Å². The SMILES string of the molecule is COc1ccc(-c2cc3ncnc(NCc4ccc(N5CCN(C)CC5)nc4)c3s2)cc1. The molecule has 0 saturated carbocycles. The number of aromatic nitrogens is 3. The molecule has 0 amide bonds. The Morgan fingerprint density at radius 2 is 1.81 bits per heavy atom. The van der Waals surface area contributed by atoms with E-state index in [2.05, 4.69) is 67.4 Å². The predicted molar refractivity (Wildman–Crippen MR) is 131 cm³/mol. The summed E-state index contributed by atoms with van der Waals surface area (Å²) in [7, 11) is 3.84. The molecule has 7 nitrogen and oxygen atoms in total. The first-order valence-electron chi connectivity index (χ1n) is 10.7. The van der Waals surface area contributed by atoms with Crippen LogP contribution in [-0.4, -0.2) is 60.2 Å². The Kier molecular flexibility index (Phi) is 5.87. The van der Waals surface area contributed by atoms with Crippen LogP contribution in [0.15, 0.2) is 55.0 Å². The second kappa shape index (κ2) is 9.10. The molecule has 1 aromatic carbocycles. The van der Waals surface area contributed by atoms with Crippen LogP contribution in [-0.2, 0) is 6.54 Å². The normalized spacial score (nSPS) is 14.6. The average molecular weight is 447 g/mol. The van der Waals surface area contributed by atoms with Crippen molar-refractivity contribution >= 4 is 33.2 Å². The molecule has 1 N–H and O–H groups in total. The van der Waals surface area contributed by atoms with Gasteiger partial charge in [0.1, 0.15) is 23.7 Å². The molecule has 1 saturated heterocycles. The Balaban J connectivity index is 1.29. The quantitative estimate of drug-likeness (QED) is 0.478. The van der Waals surface area contributed by atoms with Gasteiger partial charge in [-0.05, 0) is 54.6 Å². The van der Waals surface area contributed by atoms with Crippen LogP contribution in [0, 0.1) is 0 Å². The van der Waals surface area contributed by atoms with Gasteiger partial charge in [0, 0.05) is 43.8 Å². The summed E-state index contributed by atoms with van der Waals surface area (Å²) in [6.07, 6.45) is 3.57. The van der Waals surface area contributed by atoms with Crippen LogP contribution in [0.3, 0.4) is 0 Å². The molecule has 0 spiro atoms. The summed E-state index contributed by atoms with van der Waals surface area (Å²) in [5, 5.41) is 3.47. The number of benzene rings is 1. The number of pyridine rings is 1. The van der Waals surface area contributed by atoms with E-state index in [4.69, 9.17) is 4.74 Å². The Morgan fingerprint density at radius 1 is 1.00 bits per heavy atom. The number of rotatable bonds is 6. The Bertz CT molecular complexity index is 1180. The van der Waals surface area contributed by atoms with E-state index in [-0.39, 0.29) is 0 Å². The van der Waals surface area contributed by atoms with E-state index in [0.29, 0.717) is 6.54 Å². The monoisotopic (exact) mass is 446 g/mol.